The molecular formula is C10H20N2O4S2. The summed E-state index contributed by atoms with van der Waals surface area (Å²) in [4.78, 5) is 21.5. The van der Waals surface area contributed by atoms with E-state index in [1.165, 1.54) is 21.6 Å². The molecule has 0 aromatic rings. The van der Waals surface area contributed by atoms with Crippen molar-refractivity contribution in [2.45, 2.75) is 38.1 Å². The summed E-state index contributed by atoms with van der Waals surface area (Å²) < 4.78 is 0. The quantitative estimate of drug-likeness (QED) is 0.503. The Labute approximate surface area is 114 Å². The Kier molecular flexibility index (Phi) is 7.05. The Balaban J connectivity index is 4.45. The highest BCUT2D eigenvalue weighted by atomic mass is 33.1. The maximum atomic E-state index is 10.9. The van der Waals surface area contributed by atoms with Gasteiger partial charge in [-0.15, -0.1) is 0 Å². The van der Waals surface area contributed by atoms with Crippen molar-refractivity contribution in [1.29, 1.82) is 0 Å². The van der Waals surface area contributed by atoms with E-state index >= 15 is 0 Å². The van der Waals surface area contributed by atoms with Gasteiger partial charge in [-0.05, 0) is 5.41 Å². The third-order valence-electron chi connectivity index (χ3n) is 2.20. The largest absolute Gasteiger partial charge is 0.480 e. The molecule has 0 saturated carbocycles. The average molecular weight is 296 g/mol. The molecule has 0 fully saturated rings. The molecule has 3 unspecified atom stereocenters. The minimum atomic E-state index is -1.07. The Bertz CT molecular complexity index is 307. The molecule has 106 valence electrons. The topological polar surface area (TPSA) is 127 Å². The third kappa shape index (κ3) is 5.94. The standard InChI is InChI=1S/C10H20N2O4S2/c1-10(2,3)7(6(12)9(15)16)18-17-4-5(11)8(13)14/h5-7H,4,11-12H2,1-3H3,(H,13,14)(H,15,16). The monoisotopic (exact) mass is 296 g/mol. The van der Waals surface area contributed by atoms with Crippen molar-refractivity contribution >= 4 is 33.5 Å². The zero-order chi connectivity index (χ0) is 14.5. The number of carboxylic acids is 2. The van der Waals surface area contributed by atoms with Crippen LogP contribution in [0.2, 0.25) is 0 Å². The summed E-state index contributed by atoms with van der Waals surface area (Å²) >= 11 is 0. The second-order valence-corrected chi connectivity index (χ2v) is 7.53. The molecule has 0 aromatic carbocycles. The zero-order valence-electron chi connectivity index (χ0n) is 10.6. The van der Waals surface area contributed by atoms with E-state index in [-0.39, 0.29) is 16.4 Å². The highest BCUT2D eigenvalue weighted by Gasteiger charge is 2.35. The Morgan fingerprint density at radius 2 is 1.67 bits per heavy atom. The van der Waals surface area contributed by atoms with Crippen LogP contribution in [0, 0.1) is 5.41 Å². The fraction of sp³-hybridized carbons (Fsp3) is 0.800. The number of nitrogens with two attached hydrogens (primary N) is 2. The Morgan fingerprint density at radius 3 is 2.00 bits per heavy atom. The van der Waals surface area contributed by atoms with Crippen LogP contribution in [0.5, 0.6) is 0 Å². The van der Waals surface area contributed by atoms with Crippen LogP contribution in [0.25, 0.3) is 0 Å². The highest BCUT2D eigenvalue weighted by Crippen LogP contribution is 2.39. The van der Waals surface area contributed by atoms with Crippen molar-refractivity contribution in [2.75, 3.05) is 5.75 Å². The maximum Gasteiger partial charge on any atom is 0.321 e. The van der Waals surface area contributed by atoms with Crippen molar-refractivity contribution in [2.24, 2.45) is 16.9 Å². The molecule has 0 amide bonds. The van der Waals surface area contributed by atoms with Gasteiger partial charge in [0, 0.05) is 11.0 Å². The van der Waals surface area contributed by atoms with E-state index in [4.69, 9.17) is 21.7 Å². The molecule has 0 aliphatic rings. The molecule has 6 nitrogen and oxygen atoms in total. The lowest BCUT2D eigenvalue weighted by atomic mass is 9.87. The van der Waals surface area contributed by atoms with Gasteiger partial charge in [0.05, 0.1) is 0 Å². The van der Waals surface area contributed by atoms with E-state index in [1.807, 2.05) is 20.8 Å². The van der Waals surface area contributed by atoms with Crippen molar-refractivity contribution in [3.8, 4) is 0 Å². The Hall–Kier alpha value is -0.440. The van der Waals surface area contributed by atoms with Crippen LogP contribution in [0.4, 0.5) is 0 Å². The molecule has 0 bridgehead atoms. The van der Waals surface area contributed by atoms with Gasteiger partial charge < -0.3 is 21.7 Å². The summed E-state index contributed by atoms with van der Waals surface area (Å²) in [6.45, 7) is 5.68. The van der Waals surface area contributed by atoms with E-state index < -0.39 is 24.0 Å². The van der Waals surface area contributed by atoms with Crippen LogP contribution < -0.4 is 11.5 Å². The summed E-state index contributed by atoms with van der Waals surface area (Å²) in [7, 11) is 2.52. The molecule has 0 radical (unpaired) electrons. The normalized spacial score (nSPS) is 16.9. The molecule has 0 heterocycles. The third-order valence-corrected chi connectivity index (χ3v) is 5.48. The van der Waals surface area contributed by atoms with E-state index in [0.29, 0.717) is 0 Å². The van der Waals surface area contributed by atoms with Crippen molar-refractivity contribution < 1.29 is 19.8 Å². The fourth-order valence-corrected chi connectivity index (χ4v) is 4.51. The SMILES string of the molecule is CC(C)(C)C(SSCC(N)C(=O)O)C(N)C(=O)O. The van der Waals surface area contributed by atoms with Gasteiger partial charge in [0.2, 0.25) is 0 Å². The number of carbonyl (C=O) groups is 2. The fourth-order valence-electron chi connectivity index (χ4n) is 1.13. The van der Waals surface area contributed by atoms with Crippen LogP contribution in [0.1, 0.15) is 20.8 Å². The first-order valence-corrected chi connectivity index (χ1v) is 7.70. The van der Waals surface area contributed by atoms with Crippen molar-refractivity contribution in [3.63, 3.8) is 0 Å². The summed E-state index contributed by atoms with van der Waals surface area (Å²) in [6, 6.07) is -1.95. The smallest absolute Gasteiger partial charge is 0.321 e. The summed E-state index contributed by atoms with van der Waals surface area (Å²) in [6.07, 6.45) is 0. The van der Waals surface area contributed by atoms with E-state index in [2.05, 4.69) is 0 Å². The van der Waals surface area contributed by atoms with Gasteiger partial charge in [0.1, 0.15) is 12.1 Å². The molecule has 6 N–H and O–H groups in total. The van der Waals surface area contributed by atoms with Crippen molar-refractivity contribution in [3.05, 3.63) is 0 Å². The van der Waals surface area contributed by atoms with Crippen LogP contribution in [-0.4, -0.2) is 45.2 Å². The van der Waals surface area contributed by atoms with Gasteiger partial charge in [0.15, 0.2) is 0 Å². The number of hydrogen-bond donors (Lipinski definition) is 4. The lowest BCUT2D eigenvalue weighted by Gasteiger charge is -2.32. The van der Waals surface area contributed by atoms with Crippen LogP contribution in [0.15, 0.2) is 0 Å². The number of carboxylic acid groups (broad SMARTS) is 2. The van der Waals surface area contributed by atoms with Gasteiger partial charge >= 0.3 is 11.9 Å². The molecule has 0 saturated heterocycles. The van der Waals surface area contributed by atoms with Gasteiger partial charge in [-0.1, -0.05) is 42.4 Å². The molecule has 18 heavy (non-hydrogen) atoms. The summed E-state index contributed by atoms with van der Waals surface area (Å²) in [5, 5.41) is 17.3. The van der Waals surface area contributed by atoms with Crippen LogP contribution in [-0.2, 0) is 9.59 Å². The number of hydrogen-bond acceptors (Lipinski definition) is 6. The number of aliphatic carboxylic acids is 2. The maximum absolute atomic E-state index is 10.9. The molecule has 0 aliphatic carbocycles. The molecule has 0 aliphatic heterocycles. The van der Waals surface area contributed by atoms with Crippen LogP contribution in [0.3, 0.4) is 0 Å². The first-order valence-electron chi connectivity index (χ1n) is 5.32. The molecule has 0 aromatic heterocycles. The first-order chi connectivity index (χ1) is 8.07. The lowest BCUT2D eigenvalue weighted by Crippen LogP contribution is -2.46. The minimum absolute atomic E-state index is 0.207. The lowest BCUT2D eigenvalue weighted by molar-refractivity contribution is -0.139. The molecule has 0 spiro atoms. The molecule has 3 atom stereocenters. The second kappa shape index (κ2) is 7.22. The van der Waals surface area contributed by atoms with Gasteiger partial charge in [0.25, 0.3) is 0 Å². The van der Waals surface area contributed by atoms with Crippen molar-refractivity contribution in [1.82, 2.24) is 0 Å². The average Bonchev–Trinajstić information content (AvgIpc) is 2.20. The molecule has 0 rings (SSSR count). The Morgan fingerprint density at radius 1 is 1.17 bits per heavy atom. The van der Waals surface area contributed by atoms with E-state index in [9.17, 15) is 9.59 Å². The summed E-state index contributed by atoms with van der Waals surface area (Å²) in [5.41, 5.74) is 10.7. The molecule has 8 heteroatoms. The van der Waals surface area contributed by atoms with Gasteiger partial charge in [-0.25, -0.2) is 0 Å². The second-order valence-electron chi connectivity index (χ2n) is 4.98. The number of rotatable bonds is 7. The minimum Gasteiger partial charge on any atom is -0.480 e. The first kappa shape index (κ1) is 17.6. The van der Waals surface area contributed by atoms with E-state index in [0.717, 1.165) is 0 Å². The molecular weight excluding hydrogens is 276 g/mol. The predicted octanol–water partition coefficient (Wildman–Crippen LogP) is 0.606. The van der Waals surface area contributed by atoms with Gasteiger partial charge in [-0.3, -0.25) is 9.59 Å². The van der Waals surface area contributed by atoms with Gasteiger partial charge in [-0.2, -0.15) is 0 Å². The van der Waals surface area contributed by atoms with E-state index in [1.54, 1.807) is 0 Å². The zero-order valence-corrected chi connectivity index (χ0v) is 12.3. The summed E-state index contributed by atoms with van der Waals surface area (Å²) in [5.74, 6) is -1.93. The highest BCUT2D eigenvalue weighted by molar-refractivity contribution is 8.77. The predicted molar refractivity (Wildman–Crippen MR) is 74.5 cm³/mol. The van der Waals surface area contributed by atoms with Crippen LogP contribution >= 0.6 is 21.6 Å².